The second-order valence-corrected chi connectivity index (χ2v) is 6.29. The van der Waals surface area contributed by atoms with Crippen LogP contribution in [-0.4, -0.2) is 45.0 Å². The molecule has 0 unspecified atom stereocenters. The average molecular weight is 332 g/mol. The lowest BCUT2D eigenvalue weighted by molar-refractivity contribution is 0.554. The van der Waals surface area contributed by atoms with Gasteiger partial charge >= 0.3 is 0 Å². The molecule has 7 heteroatoms. The van der Waals surface area contributed by atoms with Crippen molar-refractivity contribution in [2.45, 2.75) is 6.42 Å². The van der Waals surface area contributed by atoms with E-state index in [1.54, 1.807) is 11.8 Å². The molecule has 22 heavy (non-hydrogen) atoms. The van der Waals surface area contributed by atoms with E-state index in [4.69, 9.17) is 16.6 Å². The van der Waals surface area contributed by atoms with Crippen molar-refractivity contribution in [2.75, 3.05) is 19.3 Å². The first-order valence-electron chi connectivity index (χ1n) is 7.07. The SMILES string of the molecule is CSC1=Nc2c(cnn2-c2ccc(Cl)cc2)C2=NCCCN12. The van der Waals surface area contributed by atoms with Crippen LogP contribution in [0.3, 0.4) is 0 Å². The summed E-state index contributed by atoms with van der Waals surface area (Å²) in [4.78, 5) is 11.7. The quantitative estimate of drug-likeness (QED) is 0.805. The van der Waals surface area contributed by atoms with Crippen LogP contribution < -0.4 is 0 Å². The molecule has 0 spiro atoms. The number of nitrogens with zero attached hydrogens (tertiary/aromatic N) is 5. The topological polar surface area (TPSA) is 45.8 Å². The molecule has 1 aromatic carbocycles. The van der Waals surface area contributed by atoms with Gasteiger partial charge in [0, 0.05) is 18.1 Å². The smallest absolute Gasteiger partial charge is 0.171 e. The van der Waals surface area contributed by atoms with Gasteiger partial charge in [-0.25, -0.2) is 9.67 Å². The third-order valence-electron chi connectivity index (χ3n) is 3.73. The highest BCUT2D eigenvalue weighted by Crippen LogP contribution is 2.32. The molecule has 0 amide bonds. The van der Waals surface area contributed by atoms with Crippen molar-refractivity contribution >= 4 is 40.2 Å². The maximum absolute atomic E-state index is 5.97. The zero-order chi connectivity index (χ0) is 15.1. The Kier molecular flexibility index (Phi) is 3.43. The summed E-state index contributed by atoms with van der Waals surface area (Å²) in [6, 6.07) is 7.60. The van der Waals surface area contributed by atoms with Gasteiger partial charge in [-0.15, -0.1) is 0 Å². The molecule has 1 aromatic heterocycles. The minimum absolute atomic E-state index is 0.709. The zero-order valence-electron chi connectivity index (χ0n) is 12.0. The van der Waals surface area contributed by atoms with E-state index in [9.17, 15) is 0 Å². The van der Waals surface area contributed by atoms with Crippen LogP contribution in [-0.2, 0) is 0 Å². The van der Waals surface area contributed by atoms with Gasteiger partial charge in [-0.1, -0.05) is 23.4 Å². The summed E-state index contributed by atoms with van der Waals surface area (Å²) in [7, 11) is 0. The van der Waals surface area contributed by atoms with Crippen molar-refractivity contribution in [3.05, 3.63) is 41.0 Å². The first kappa shape index (κ1) is 13.8. The second kappa shape index (κ2) is 5.44. The Labute approximate surface area is 137 Å². The molecular formula is C15H14ClN5S. The van der Waals surface area contributed by atoms with E-state index < -0.39 is 0 Å². The van der Waals surface area contributed by atoms with Crippen LogP contribution in [0.1, 0.15) is 12.0 Å². The number of aliphatic imine (C=N–C) groups is 2. The zero-order valence-corrected chi connectivity index (χ0v) is 13.6. The van der Waals surface area contributed by atoms with Crippen LogP contribution >= 0.6 is 23.4 Å². The number of benzene rings is 1. The maximum Gasteiger partial charge on any atom is 0.171 e. The van der Waals surface area contributed by atoms with Crippen LogP contribution in [0, 0.1) is 0 Å². The van der Waals surface area contributed by atoms with Crippen LogP contribution in [0.15, 0.2) is 40.4 Å². The number of amidine groups is 2. The average Bonchev–Trinajstić information content (AvgIpc) is 2.99. The van der Waals surface area contributed by atoms with E-state index in [1.165, 1.54) is 0 Å². The number of fused-ring (bicyclic) bond motifs is 3. The second-order valence-electron chi connectivity index (χ2n) is 5.08. The molecule has 0 N–H and O–H groups in total. The minimum Gasteiger partial charge on any atom is -0.305 e. The highest BCUT2D eigenvalue weighted by Gasteiger charge is 2.30. The Balaban J connectivity index is 1.87. The Bertz CT molecular complexity index is 778. The van der Waals surface area contributed by atoms with Gasteiger partial charge in [0.15, 0.2) is 11.0 Å². The first-order chi connectivity index (χ1) is 10.8. The van der Waals surface area contributed by atoms with Crippen molar-refractivity contribution in [2.24, 2.45) is 9.98 Å². The molecule has 0 aliphatic carbocycles. The predicted octanol–water partition coefficient (Wildman–Crippen LogP) is 3.34. The van der Waals surface area contributed by atoms with Gasteiger partial charge in [0.2, 0.25) is 0 Å². The van der Waals surface area contributed by atoms with Crippen molar-refractivity contribution in [1.29, 1.82) is 0 Å². The molecule has 2 aliphatic rings. The van der Waals surface area contributed by atoms with Crippen LogP contribution in [0.4, 0.5) is 5.82 Å². The lowest BCUT2D eigenvalue weighted by atomic mass is 10.2. The highest BCUT2D eigenvalue weighted by atomic mass is 35.5. The molecule has 0 bridgehead atoms. The van der Waals surface area contributed by atoms with Gasteiger partial charge in [-0.05, 0) is 36.9 Å². The number of rotatable bonds is 1. The van der Waals surface area contributed by atoms with Crippen LogP contribution in [0.5, 0.6) is 0 Å². The molecule has 3 heterocycles. The van der Waals surface area contributed by atoms with Crippen molar-refractivity contribution < 1.29 is 0 Å². The Morgan fingerprint density at radius 3 is 2.82 bits per heavy atom. The Hall–Kier alpha value is -1.79. The molecule has 2 aromatic rings. The first-order valence-corrected chi connectivity index (χ1v) is 8.67. The normalized spacial score (nSPS) is 16.7. The highest BCUT2D eigenvalue weighted by molar-refractivity contribution is 8.13. The van der Waals surface area contributed by atoms with Gasteiger partial charge in [0.05, 0.1) is 17.4 Å². The number of aromatic nitrogens is 2. The molecule has 0 fully saturated rings. The summed E-state index contributed by atoms with van der Waals surface area (Å²) in [6.07, 6.45) is 4.95. The molecule has 5 nitrogen and oxygen atoms in total. The monoisotopic (exact) mass is 331 g/mol. The maximum atomic E-state index is 5.97. The molecule has 0 saturated heterocycles. The lowest BCUT2D eigenvalue weighted by Gasteiger charge is -2.32. The van der Waals surface area contributed by atoms with E-state index in [1.807, 2.05) is 41.4 Å². The summed E-state index contributed by atoms with van der Waals surface area (Å²) in [5, 5.41) is 6.19. The largest absolute Gasteiger partial charge is 0.305 e. The summed E-state index contributed by atoms with van der Waals surface area (Å²) in [5.41, 5.74) is 1.94. The molecule has 0 saturated carbocycles. The van der Waals surface area contributed by atoms with Gasteiger partial charge < -0.3 is 4.90 Å². The summed E-state index contributed by atoms with van der Waals surface area (Å²) >= 11 is 7.60. The van der Waals surface area contributed by atoms with Crippen molar-refractivity contribution in [3.63, 3.8) is 0 Å². The fraction of sp³-hybridized carbons (Fsp3) is 0.267. The van der Waals surface area contributed by atoms with Crippen molar-refractivity contribution in [3.8, 4) is 5.69 Å². The van der Waals surface area contributed by atoms with Gasteiger partial charge in [-0.3, -0.25) is 4.99 Å². The van der Waals surface area contributed by atoms with Gasteiger partial charge in [0.25, 0.3) is 0 Å². The van der Waals surface area contributed by atoms with Crippen LogP contribution in [0.25, 0.3) is 5.69 Å². The fourth-order valence-electron chi connectivity index (χ4n) is 2.71. The number of thioether (sulfide) groups is 1. The van der Waals surface area contributed by atoms with E-state index in [0.717, 1.165) is 47.6 Å². The molecular weight excluding hydrogens is 318 g/mol. The predicted molar refractivity (Wildman–Crippen MR) is 91.9 cm³/mol. The van der Waals surface area contributed by atoms with E-state index in [2.05, 4.69) is 15.0 Å². The molecule has 0 radical (unpaired) electrons. The van der Waals surface area contributed by atoms with E-state index in [0.29, 0.717) is 5.02 Å². The Morgan fingerprint density at radius 1 is 1.23 bits per heavy atom. The fourth-order valence-corrected chi connectivity index (χ4v) is 3.41. The van der Waals surface area contributed by atoms with E-state index >= 15 is 0 Å². The van der Waals surface area contributed by atoms with Gasteiger partial charge in [0.1, 0.15) is 5.84 Å². The summed E-state index contributed by atoms with van der Waals surface area (Å²) in [5.74, 6) is 1.82. The van der Waals surface area contributed by atoms with E-state index in [-0.39, 0.29) is 0 Å². The van der Waals surface area contributed by atoms with Crippen molar-refractivity contribution in [1.82, 2.24) is 14.7 Å². The minimum atomic E-state index is 0.709. The summed E-state index contributed by atoms with van der Waals surface area (Å²) < 4.78 is 1.84. The van der Waals surface area contributed by atoms with Gasteiger partial charge in [-0.2, -0.15) is 5.10 Å². The van der Waals surface area contributed by atoms with Crippen LogP contribution in [0.2, 0.25) is 5.02 Å². The third kappa shape index (κ3) is 2.14. The lowest BCUT2D eigenvalue weighted by Crippen LogP contribution is -2.41. The number of hydrogen-bond acceptors (Lipinski definition) is 5. The number of halogens is 1. The molecule has 112 valence electrons. The third-order valence-corrected chi connectivity index (χ3v) is 4.66. The standard InChI is InChI=1S/C15H14ClN5S/c1-22-15-19-14-12(13-17-7-2-8-20(13)15)9-18-21(14)11-5-3-10(16)4-6-11/h3-6,9H,2,7-8H2,1H3. The number of hydrogen-bond donors (Lipinski definition) is 0. The summed E-state index contributed by atoms with van der Waals surface area (Å²) in [6.45, 7) is 1.82. The molecule has 4 rings (SSSR count). The molecule has 0 atom stereocenters. The molecule has 2 aliphatic heterocycles. The Morgan fingerprint density at radius 2 is 2.05 bits per heavy atom.